The van der Waals surface area contributed by atoms with Crippen LogP contribution in [-0.4, -0.2) is 23.7 Å². The van der Waals surface area contributed by atoms with Gasteiger partial charge >= 0.3 is 6.36 Å². The first-order chi connectivity index (χ1) is 16.5. The third-order valence-corrected chi connectivity index (χ3v) is 7.60. The van der Waals surface area contributed by atoms with Gasteiger partial charge in [-0.05, 0) is 91.1 Å². The number of halogens is 5. The fraction of sp³-hybridized carbons (Fsp3) is 0.250. The van der Waals surface area contributed by atoms with Crippen molar-refractivity contribution in [1.29, 1.82) is 4.78 Å². The van der Waals surface area contributed by atoms with Crippen molar-refractivity contribution in [2.45, 2.75) is 30.5 Å². The number of rotatable bonds is 7. The monoisotopic (exact) mass is 543 g/mol. The summed E-state index contributed by atoms with van der Waals surface area (Å²) in [6.07, 6.45) is -2.64. The molecule has 0 aromatic heterocycles. The largest absolute Gasteiger partial charge is 0.573 e. The van der Waals surface area contributed by atoms with E-state index in [1.165, 1.54) is 12.1 Å². The molecule has 35 heavy (non-hydrogen) atoms. The van der Waals surface area contributed by atoms with Crippen molar-refractivity contribution in [3.8, 4) is 5.75 Å². The van der Waals surface area contributed by atoms with E-state index < -0.39 is 22.0 Å². The maximum Gasteiger partial charge on any atom is 0.573 e. The number of aryl methyl sites for hydroxylation is 2. The second-order valence-electron chi connectivity index (χ2n) is 8.02. The Morgan fingerprint density at radius 2 is 1.49 bits per heavy atom. The Morgan fingerprint density at radius 3 is 2.00 bits per heavy atom. The number of ether oxygens (including phenoxy) is 1. The molecule has 1 aliphatic heterocycles. The molecule has 1 atom stereocenters. The standard InChI is InChI=1S/C24H22Cl2F3N3O2S/c25-18-4-10-22-16(14-18)2-3-17-15-19(26)5-11-23(17)32(22)13-1-12-31-35(30,33)21-8-6-20(7-9-21)34-24(27,28)29/h4-11,14-15H,1-3,12-13H2,(H2,30,31,33). The first-order valence-electron chi connectivity index (χ1n) is 10.8. The molecule has 1 unspecified atom stereocenters. The van der Waals surface area contributed by atoms with Crippen LogP contribution in [0, 0.1) is 4.78 Å². The fourth-order valence-corrected chi connectivity index (χ4v) is 5.55. The topological polar surface area (TPSA) is 65.4 Å². The van der Waals surface area contributed by atoms with Crippen LogP contribution in [-0.2, 0) is 22.8 Å². The summed E-state index contributed by atoms with van der Waals surface area (Å²) in [5.74, 6) is -0.435. The summed E-state index contributed by atoms with van der Waals surface area (Å²) in [5, 5.41) is 1.32. The highest BCUT2D eigenvalue weighted by atomic mass is 35.5. The van der Waals surface area contributed by atoms with Crippen molar-refractivity contribution in [3.63, 3.8) is 0 Å². The molecule has 11 heteroatoms. The number of hydrogen-bond acceptors (Lipinski definition) is 4. The lowest BCUT2D eigenvalue weighted by molar-refractivity contribution is -0.274. The molecule has 1 heterocycles. The molecule has 0 aliphatic carbocycles. The molecule has 0 saturated heterocycles. The van der Waals surface area contributed by atoms with Crippen molar-refractivity contribution in [2.24, 2.45) is 0 Å². The highest BCUT2D eigenvalue weighted by molar-refractivity contribution is 7.90. The van der Waals surface area contributed by atoms with Gasteiger partial charge in [-0.1, -0.05) is 23.2 Å². The van der Waals surface area contributed by atoms with Gasteiger partial charge in [0.25, 0.3) is 0 Å². The van der Waals surface area contributed by atoms with E-state index in [1.807, 2.05) is 36.4 Å². The number of hydrogen-bond donors (Lipinski definition) is 2. The Kier molecular flexibility index (Phi) is 7.51. The first-order valence-corrected chi connectivity index (χ1v) is 13.1. The van der Waals surface area contributed by atoms with Crippen LogP contribution in [0.25, 0.3) is 0 Å². The summed E-state index contributed by atoms with van der Waals surface area (Å²) >= 11 is 12.4. The van der Waals surface area contributed by atoms with E-state index in [0.29, 0.717) is 23.0 Å². The molecule has 0 spiro atoms. The van der Waals surface area contributed by atoms with Crippen LogP contribution in [0.3, 0.4) is 0 Å². The summed E-state index contributed by atoms with van der Waals surface area (Å²) < 4.78 is 64.5. The van der Waals surface area contributed by atoms with Gasteiger partial charge < -0.3 is 9.64 Å². The number of nitrogens with one attached hydrogen (secondary N) is 2. The average molecular weight is 544 g/mol. The van der Waals surface area contributed by atoms with Crippen LogP contribution in [0.4, 0.5) is 24.5 Å². The Labute approximate surface area is 211 Å². The fourth-order valence-electron chi connectivity index (χ4n) is 4.04. The third-order valence-electron chi connectivity index (χ3n) is 5.58. The number of nitrogens with zero attached hydrogens (tertiary/aromatic N) is 1. The zero-order chi connectivity index (χ0) is 25.2. The van der Waals surface area contributed by atoms with Crippen molar-refractivity contribution in [1.82, 2.24) is 4.72 Å². The van der Waals surface area contributed by atoms with Gasteiger partial charge in [-0.3, -0.25) is 0 Å². The smallest absolute Gasteiger partial charge is 0.406 e. The van der Waals surface area contributed by atoms with Gasteiger partial charge in [-0.15, -0.1) is 13.2 Å². The minimum absolute atomic E-state index is 0.0711. The lowest BCUT2D eigenvalue weighted by Gasteiger charge is -2.27. The highest BCUT2D eigenvalue weighted by Gasteiger charge is 2.31. The maximum atomic E-state index is 12.8. The van der Waals surface area contributed by atoms with Crippen molar-refractivity contribution in [3.05, 3.63) is 81.8 Å². The second kappa shape index (κ2) is 10.3. The summed E-state index contributed by atoms with van der Waals surface area (Å²) in [5.41, 5.74) is 4.29. The average Bonchev–Trinajstić information content (AvgIpc) is 2.92. The van der Waals surface area contributed by atoms with Gasteiger partial charge in [0.1, 0.15) is 15.7 Å². The number of anilines is 2. The molecule has 2 N–H and O–H groups in total. The lowest BCUT2D eigenvalue weighted by atomic mass is 10.0. The zero-order valence-electron chi connectivity index (χ0n) is 18.4. The molecular weight excluding hydrogens is 522 g/mol. The Bertz CT molecular complexity index is 1260. The lowest BCUT2D eigenvalue weighted by Crippen LogP contribution is -2.28. The summed E-state index contributed by atoms with van der Waals surface area (Å²) in [7, 11) is -3.40. The molecule has 0 bridgehead atoms. The molecule has 0 amide bonds. The van der Waals surface area contributed by atoms with Crippen molar-refractivity contribution >= 4 is 44.5 Å². The van der Waals surface area contributed by atoms with Crippen LogP contribution >= 0.6 is 23.2 Å². The quantitative estimate of drug-likeness (QED) is 0.311. The molecule has 186 valence electrons. The Hall–Kier alpha value is -2.46. The van der Waals surface area contributed by atoms with Crippen molar-refractivity contribution in [2.75, 3.05) is 18.0 Å². The van der Waals surface area contributed by atoms with Gasteiger partial charge in [0.2, 0.25) is 0 Å². The van der Waals surface area contributed by atoms with Gasteiger partial charge in [-0.2, -0.15) is 0 Å². The van der Waals surface area contributed by atoms with E-state index in [1.54, 1.807) is 0 Å². The first kappa shape index (κ1) is 25.6. The molecular formula is C24H22Cl2F3N3O2S. The molecule has 0 radical (unpaired) electrons. The van der Waals surface area contributed by atoms with Crippen LogP contribution in [0.1, 0.15) is 17.5 Å². The molecule has 1 aliphatic rings. The highest BCUT2D eigenvalue weighted by Crippen LogP contribution is 2.38. The normalized spacial score (nSPS) is 15.1. The second-order valence-corrected chi connectivity index (χ2v) is 10.8. The minimum Gasteiger partial charge on any atom is -0.406 e. The summed E-state index contributed by atoms with van der Waals surface area (Å²) in [6.45, 7) is 0.829. The van der Waals surface area contributed by atoms with E-state index in [9.17, 15) is 17.4 Å². The molecule has 0 fully saturated rings. The Balaban J connectivity index is 1.45. The number of alkyl halides is 3. The van der Waals surface area contributed by atoms with Crippen LogP contribution in [0.15, 0.2) is 65.6 Å². The molecule has 5 nitrogen and oxygen atoms in total. The van der Waals surface area contributed by atoms with Crippen LogP contribution in [0.2, 0.25) is 10.0 Å². The van der Waals surface area contributed by atoms with E-state index in [0.717, 1.165) is 47.5 Å². The van der Waals surface area contributed by atoms with Crippen LogP contribution < -0.4 is 14.4 Å². The van der Waals surface area contributed by atoms with Gasteiger partial charge in [0, 0.05) is 34.5 Å². The zero-order valence-corrected chi connectivity index (χ0v) is 20.7. The predicted octanol–water partition coefficient (Wildman–Crippen LogP) is 7.13. The third kappa shape index (κ3) is 6.41. The van der Waals surface area contributed by atoms with E-state index in [2.05, 4.69) is 14.4 Å². The van der Waals surface area contributed by atoms with Gasteiger partial charge in [0.05, 0.1) is 4.90 Å². The van der Waals surface area contributed by atoms with Crippen LogP contribution in [0.5, 0.6) is 5.75 Å². The van der Waals surface area contributed by atoms with Gasteiger partial charge in [0.15, 0.2) is 0 Å². The molecule has 4 rings (SSSR count). The molecule has 3 aromatic carbocycles. The van der Waals surface area contributed by atoms with E-state index in [4.69, 9.17) is 28.0 Å². The van der Waals surface area contributed by atoms with Crippen molar-refractivity contribution < 1.29 is 22.1 Å². The summed E-state index contributed by atoms with van der Waals surface area (Å²) in [6, 6.07) is 16.0. The Morgan fingerprint density at radius 1 is 0.943 bits per heavy atom. The molecule has 3 aromatic rings. The summed E-state index contributed by atoms with van der Waals surface area (Å²) in [4.78, 5) is 2.24. The number of fused-ring (bicyclic) bond motifs is 2. The SMILES string of the molecule is N=S(=O)(NCCCN1c2ccc(Cl)cc2CCc2cc(Cl)ccc21)c1ccc(OC(F)(F)F)cc1. The maximum absolute atomic E-state index is 12.8. The van der Waals surface area contributed by atoms with E-state index in [-0.39, 0.29) is 11.4 Å². The van der Waals surface area contributed by atoms with Gasteiger partial charge in [-0.25, -0.2) is 13.7 Å². The van der Waals surface area contributed by atoms with E-state index >= 15 is 0 Å². The number of benzene rings is 3. The molecule has 0 saturated carbocycles. The minimum atomic E-state index is -4.82. The predicted molar refractivity (Wildman–Crippen MR) is 132 cm³/mol.